The van der Waals surface area contributed by atoms with Crippen molar-refractivity contribution in [3.05, 3.63) is 54.1 Å². The largest absolute Gasteiger partial charge is 0.273 e. The first-order chi connectivity index (χ1) is 12.0. The first kappa shape index (κ1) is 18.2. The Kier molecular flexibility index (Phi) is 5.66. The summed E-state index contributed by atoms with van der Waals surface area (Å²) >= 11 is 3.27. The minimum atomic E-state index is -3.31. The molecule has 0 saturated carbocycles. The highest BCUT2D eigenvalue weighted by Crippen LogP contribution is 2.29. The van der Waals surface area contributed by atoms with E-state index in [0.29, 0.717) is 12.1 Å². The topological polar surface area (TPSA) is 50.3 Å². The first-order valence-electron chi connectivity index (χ1n) is 7.97. The number of nitrogens with zero attached hydrogens (tertiary/aromatic N) is 2. The average molecular weight is 393 g/mol. The molecule has 25 heavy (non-hydrogen) atoms. The van der Waals surface area contributed by atoms with Crippen LogP contribution in [0.3, 0.4) is 0 Å². The Balaban J connectivity index is 1.55. The van der Waals surface area contributed by atoms with Crippen LogP contribution >= 0.6 is 23.1 Å². The van der Waals surface area contributed by atoms with Crippen molar-refractivity contribution in [1.29, 1.82) is 0 Å². The zero-order chi connectivity index (χ0) is 17.9. The number of thioether (sulfide) groups is 1. The lowest BCUT2D eigenvalue weighted by molar-refractivity contribution is 0.593. The van der Waals surface area contributed by atoms with Crippen molar-refractivity contribution in [3.8, 4) is 0 Å². The van der Waals surface area contributed by atoms with Crippen LogP contribution in [0.4, 0.5) is 5.69 Å². The van der Waals surface area contributed by atoms with Gasteiger partial charge in [0.15, 0.2) is 4.34 Å². The van der Waals surface area contributed by atoms with Crippen LogP contribution < -0.4 is 4.31 Å². The van der Waals surface area contributed by atoms with Gasteiger partial charge in [-0.05, 0) is 43.2 Å². The van der Waals surface area contributed by atoms with Crippen LogP contribution in [-0.4, -0.2) is 32.0 Å². The second-order valence-corrected chi connectivity index (χ2v) is 10.3. The number of aryl methyl sites for hydroxylation is 1. The first-order valence-corrected chi connectivity index (χ1v) is 11.4. The highest BCUT2D eigenvalue weighted by atomic mass is 32.2. The second kappa shape index (κ2) is 7.76. The van der Waals surface area contributed by atoms with Gasteiger partial charge in [-0.1, -0.05) is 36.0 Å². The van der Waals surface area contributed by atoms with Crippen LogP contribution in [0.15, 0.2) is 52.9 Å². The maximum absolute atomic E-state index is 12.5. The molecule has 1 aromatic heterocycles. The summed E-state index contributed by atoms with van der Waals surface area (Å²) in [4.78, 5) is 4.56. The zero-order valence-corrected chi connectivity index (χ0v) is 16.6. The number of rotatable bonds is 7. The number of aromatic nitrogens is 1. The highest BCUT2D eigenvalue weighted by molar-refractivity contribution is 8.01. The Morgan fingerprint density at radius 1 is 1.16 bits per heavy atom. The SMILES string of the molecule is Cc1cccc(N(C)S(=O)(=O)CCCSc2nc3ccccc3s2)c1. The van der Waals surface area contributed by atoms with Gasteiger partial charge in [0.25, 0.3) is 0 Å². The van der Waals surface area contributed by atoms with Gasteiger partial charge in [0, 0.05) is 12.8 Å². The van der Waals surface area contributed by atoms with Crippen molar-refractivity contribution in [2.24, 2.45) is 0 Å². The Labute approximate surface area is 156 Å². The van der Waals surface area contributed by atoms with Gasteiger partial charge in [0.05, 0.1) is 21.7 Å². The van der Waals surface area contributed by atoms with Gasteiger partial charge in [0.1, 0.15) is 0 Å². The van der Waals surface area contributed by atoms with E-state index in [0.717, 1.165) is 25.9 Å². The summed E-state index contributed by atoms with van der Waals surface area (Å²) in [6.07, 6.45) is 0.596. The molecule has 0 aliphatic heterocycles. The van der Waals surface area contributed by atoms with Crippen LogP contribution in [0.2, 0.25) is 0 Å². The van der Waals surface area contributed by atoms with E-state index in [1.807, 2.05) is 49.4 Å². The number of hydrogen-bond donors (Lipinski definition) is 0. The molecule has 1 heterocycles. The fourth-order valence-electron chi connectivity index (χ4n) is 2.43. The van der Waals surface area contributed by atoms with E-state index in [1.54, 1.807) is 30.1 Å². The van der Waals surface area contributed by atoms with Crippen molar-refractivity contribution in [2.75, 3.05) is 22.9 Å². The zero-order valence-electron chi connectivity index (χ0n) is 14.2. The van der Waals surface area contributed by atoms with E-state index < -0.39 is 10.0 Å². The van der Waals surface area contributed by atoms with Gasteiger partial charge in [0.2, 0.25) is 10.0 Å². The van der Waals surface area contributed by atoms with Crippen LogP contribution in [0.25, 0.3) is 10.2 Å². The van der Waals surface area contributed by atoms with Gasteiger partial charge in [-0.3, -0.25) is 4.31 Å². The molecule has 0 N–H and O–H groups in total. The highest BCUT2D eigenvalue weighted by Gasteiger charge is 2.18. The van der Waals surface area contributed by atoms with E-state index >= 15 is 0 Å². The molecule has 132 valence electrons. The van der Waals surface area contributed by atoms with Gasteiger partial charge >= 0.3 is 0 Å². The van der Waals surface area contributed by atoms with Crippen molar-refractivity contribution < 1.29 is 8.42 Å². The summed E-state index contributed by atoms with van der Waals surface area (Å²) in [5.74, 6) is 0.871. The lowest BCUT2D eigenvalue weighted by Crippen LogP contribution is -2.29. The molecule has 4 nitrogen and oxygen atoms in total. The van der Waals surface area contributed by atoms with Crippen LogP contribution in [-0.2, 0) is 10.0 Å². The van der Waals surface area contributed by atoms with Crippen LogP contribution in [0.5, 0.6) is 0 Å². The molecule has 0 aliphatic carbocycles. The molecule has 2 aromatic carbocycles. The quantitative estimate of drug-likeness (QED) is 0.437. The molecule has 0 atom stereocenters. The third kappa shape index (κ3) is 4.54. The fourth-order valence-corrected chi connectivity index (χ4v) is 5.91. The molecule has 3 rings (SSSR count). The average Bonchev–Trinajstić information content (AvgIpc) is 3.01. The Morgan fingerprint density at radius 2 is 1.96 bits per heavy atom. The number of sulfonamides is 1. The van der Waals surface area contributed by atoms with Crippen molar-refractivity contribution >= 4 is 49.0 Å². The molecule has 0 unspecified atom stereocenters. The summed E-state index contributed by atoms with van der Waals surface area (Å²) in [5.41, 5.74) is 2.76. The van der Waals surface area contributed by atoms with Gasteiger partial charge in [-0.2, -0.15) is 0 Å². The Bertz CT molecular complexity index is 934. The second-order valence-electron chi connectivity index (χ2n) is 5.77. The summed E-state index contributed by atoms with van der Waals surface area (Å²) in [5, 5.41) is 0. The van der Waals surface area contributed by atoms with E-state index in [4.69, 9.17) is 0 Å². The molecule has 0 saturated heterocycles. The lowest BCUT2D eigenvalue weighted by atomic mass is 10.2. The summed E-state index contributed by atoms with van der Waals surface area (Å²) in [7, 11) is -1.69. The van der Waals surface area contributed by atoms with Gasteiger partial charge < -0.3 is 0 Å². The maximum Gasteiger partial charge on any atom is 0.234 e. The summed E-state index contributed by atoms with van der Waals surface area (Å²) in [6, 6.07) is 15.6. The number of benzene rings is 2. The lowest BCUT2D eigenvalue weighted by Gasteiger charge is -2.19. The van der Waals surface area contributed by atoms with Crippen molar-refractivity contribution in [3.63, 3.8) is 0 Å². The van der Waals surface area contributed by atoms with E-state index in [-0.39, 0.29) is 5.75 Å². The molecule has 0 aliphatic rings. The summed E-state index contributed by atoms with van der Waals surface area (Å²) in [6.45, 7) is 1.96. The number of thiazole rings is 1. The Hall–Kier alpha value is -1.57. The standard InChI is InChI=1S/C18H20N2O2S3/c1-14-7-5-8-15(13-14)20(2)25(21,22)12-6-11-23-18-19-16-9-3-4-10-17(16)24-18/h3-5,7-10,13H,6,11-12H2,1-2H3. The molecule has 0 spiro atoms. The molecule has 0 radical (unpaired) electrons. The van der Waals surface area contributed by atoms with Crippen molar-refractivity contribution in [1.82, 2.24) is 4.98 Å². The number of para-hydroxylation sites is 1. The van der Waals surface area contributed by atoms with Gasteiger partial charge in [-0.15, -0.1) is 11.3 Å². The number of hydrogen-bond acceptors (Lipinski definition) is 5. The predicted molar refractivity (Wildman–Crippen MR) is 108 cm³/mol. The molecule has 0 amide bonds. The third-order valence-electron chi connectivity index (χ3n) is 3.83. The normalized spacial score (nSPS) is 11.8. The predicted octanol–water partition coefficient (Wildman–Crippen LogP) is 4.55. The number of anilines is 1. The molecular formula is C18H20N2O2S3. The molecule has 7 heteroatoms. The van der Waals surface area contributed by atoms with E-state index in [2.05, 4.69) is 11.1 Å². The summed E-state index contributed by atoms with van der Waals surface area (Å²) < 4.78 is 28.5. The third-order valence-corrected chi connectivity index (χ3v) is 7.94. The maximum atomic E-state index is 12.5. The minimum Gasteiger partial charge on any atom is -0.273 e. The Morgan fingerprint density at radius 3 is 2.72 bits per heavy atom. The monoisotopic (exact) mass is 392 g/mol. The van der Waals surface area contributed by atoms with Gasteiger partial charge in [-0.25, -0.2) is 13.4 Å². The molecule has 0 fully saturated rings. The van der Waals surface area contributed by atoms with E-state index in [9.17, 15) is 8.42 Å². The molecular weight excluding hydrogens is 372 g/mol. The van der Waals surface area contributed by atoms with Crippen LogP contribution in [0, 0.1) is 6.92 Å². The van der Waals surface area contributed by atoms with Crippen molar-refractivity contribution in [2.45, 2.75) is 17.7 Å². The minimum absolute atomic E-state index is 0.134. The smallest absolute Gasteiger partial charge is 0.234 e. The van der Waals surface area contributed by atoms with Crippen LogP contribution in [0.1, 0.15) is 12.0 Å². The molecule has 3 aromatic rings. The molecule has 0 bridgehead atoms. The fraction of sp³-hybridized carbons (Fsp3) is 0.278. The number of fused-ring (bicyclic) bond motifs is 1. The van der Waals surface area contributed by atoms with E-state index in [1.165, 1.54) is 4.31 Å².